The summed E-state index contributed by atoms with van der Waals surface area (Å²) in [5, 5.41) is 19.4. The summed E-state index contributed by atoms with van der Waals surface area (Å²) in [4.78, 5) is 34.1. The minimum atomic E-state index is -1.07. The molecule has 1 atom stereocenters. The molecule has 1 aliphatic rings. The Kier molecular flexibility index (Phi) is 6.13. The fourth-order valence-electron chi connectivity index (χ4n) is 4.09. The Morgan fingerprint density at radius 3 is 2.34 bits per heavy atom. The van der Waals surface area contributed by atoms with Crippen molar-refractivity contribution in [2.75, 3.05) is 37.7 Å². The molecule has 0 amide bonds. The number of nitrogens with zero attached hydrogens (tertiary/aromatic N) is 6. The van der Waals surface area contributed by atoms with Gasteiger partial charge in [-0.05, 0) is 24.3 Å². The lowest BCUT2D eigenvalue weighted by Gasteiger charge is -2.36. The van der Waals surface area contributed by atoms with E-state index >= 15 is 0 Å². The van der Waals surface area contributed by atoms with Crippen LogP contribution >= 0.6 is 0 Å². The molecule has 1 aliphatic heterocycles. The molecule has 1 unspecified atom stereocenters. The summed E-state index contributed by atoms with van der Waals surface area (Å²) in [5.74, 6) is 0.276. The zero-order valence-corrected chi connectivity index (χ0v) is 18.1. The zero-order valence-electron chi connectivity index (χ0n) is 18.1. The minimum Gasteiger partial charge on any atom is -0.394 e. The van der Waals surface area contributed by atoms with Crippen LogP contribution in [0.25, 0.3) is 11.2 Å². The van der Waals surface area contributed by atoms with Crippen LogP contribution in [-0.2, 0) is 27.2 Å². The first-order chi connectivity index (χ1) is 15.3. The van der Waals surface area contributed by atoms with Crippen LogP contribution in [0.5, 0.6) is 0 Å². The maximum absolute atomic E-state index is 13.2. The maximum Gasteiger partial charge on any atom is 0.332 e. The van der Waals surface area contributed by atoms with Gasteiger partial charge in [0.15, 0.2) is 11.2 Å². The Bertz CT molecular complexity index is 1220. The summed E-state index contributed by atoms with van der Waals surface area (Å²) >= 11 is 0. The van der Waals surface area contributed by atoms with Crippen molar-refractivity contribution in [3.8, 4) is 0 Å². The molecule has 0 spiro atoms. The molecule has 4 rings (SSSR count). The Balaban J connectivity index is 1.61. The number of anilines is 1. The van der Waals surface area contributed by atoms with Crippen molar-refractivity contribution in [1.82, 2.24) is 23.6 Å². The first-order valence-corrected chi connectivity index (χ1v) is 10.5. The van der Waals surface area contributed by atoms with E-state index in [1.165, 1.54) is 23.7 Å². The van der Waals surface area contributed by atoms with Crippen molar-refractivity contribution in [2.45, 2.75) is 19.2 Å². The van der Waals surface area contributed by atoms with Crippen molar-refractivity contribution >= 4 is 16.9 Å². The molecule has 2 N–H and O–H groups in total. The van der Waals surface area contributed by atoms with Crippen LogP contribution in [0.2, 0.25) is 0 Å². The Hall–Kier alpha value is -3.02. The number of hydrogen-bond acceptors (Lipinski definition) is 7. The van der Waals surface area contributed by atoms with Gasteiger partial charge in [-0.25, -0.2) is 14.2 Å². The molecule has 3 heterocycles. The van der Waals surface area contributed by atoms with Crippen molar-refractivity contribution in [1.29, 1.82) is 0 Å². The van der Waals surface area contributed by atoms with Gasteiger partial charge in [0.2, 0.25) is 0 Å². The smallest absolute Gasteiger partial charge is 0.332 e. The molecular weight excluding hydrogens is 419 g/mol. The number of aliphatic hydroxyl groups is 2. The molecule has 0 radical (unpaired) electrons. The molecule has 1 aromatic carbocycles. The van der Waals surface area contributed by atoms with E-state index < -0.39 is 24.0 Å². The number of aliphatic hydroxyl groups excluding tert-OH is 2. The monoisotopic (exact) mass is 446 g/mol. The van der Waals surface area contributed by atoms with Crippen LogP contribution in [0, 0.1) is 5.82 Å². The van der Waals surface area contributed by atoms with Crippen LogP contribution in [0.3, 0.4) is 0 Å². The van der Waals surface area contributed by atoms with Gasteiger partial charge >= 0.3 is 5.69 Å². The van der Waals surface area contributed by atoms with Gasteiger partial charge in [-0.1, -0.05) is 0 Å². The largest absolute Gasteiger partial charge is 0.394 e. The topological polar surface area (TPSA) is 109 Å². The molecule has 10 nitrogen and oxygen atoms in total. The van der Waals surface area contributed by atoms with Crippen LogP contribution in [-0.4, -0.2) is 72.7 Å². The third-order valence-electron chi connectivity index (χ3n) is 5.96. The predicted molar refractivity (Wildman–Crippen MR) is 117 cm³/mol. The summed E-state index contributed by atoms with van der Waals surface area (Å²) in [6, 6.07) is 6.41. The van der Waals surface area contributed by atoms with Crippen molar-refractivity contribution in [3.63, 3.8) is 0 Å². The Labute approximate surface area is 183 Å². The second-order valence-corrected chi connectivity index (χ2v) is 8.09. The summed E-state index contributed by atoms with van der Waals surface area (Å²) in [7, 11) is 2.95. The van der Waals surface area contributed by atoms with E-state index in [-0.39, 0.29) is 23.5 Å². The number of piperazine rings is 1. The van der Waals surface area contributed by atoms with E-state index in [0.717, 1.165) is 36.4 Å². The van der Waals surface area contributed by atoms with Crippen LogP contribution in [0.15, 0.2) is 33.9 Å². The van der Waals surface area contributed by atoms with E-state index in [1.54, 1.807) is 23.7 Å². The van der Waals surface area contributed by atoms with Crippen LogP contribution in [0.1, 0.15) is 5.82 Å². The average Bonchev–Trinajstić information content (AvgIpc) is 3.15. The molecule has 0 bridgehead atoms. The highest BCUT2D eigenvalue weighted by atomic mass is 19.1. The lowest BCUT2D eigenvalue weighted by molar-refractivity contribution is 0.0806. The SMILES string of the molecule is Cn1c(=O)c2c(nc(CN3CCN(c4ccc(F)cc4)CC3)n2CC(O)CO)n(C)c1=O. The number of halogens is 1. The van der Waals surface area contributed by atoms with Gasteiger partial charge in [-0.15, -0.1) is 0 Å². The lowest BCUT2D eigenvalue weighted by atomic mass is 10.2. The summed E-state index contributed by atoms with van der Waals surface area (Å²) in [6.07, 6.45) is -1.07. The number of benzene rings is 1. The molecule has 1 saturated heterocycles. The summed E-state index contributed by atoms with van der Waals surface area (Å²) < 4.78 is 17.1. The maximum atomic E-state index is 13.2. The molecule has 0 saturated carbocycles. The van der Waals surface area contributed by atoms with Gasteiger partial charge in [-0.2, -0.15) is 0 Å². The molecule has 11 heteroatoms. The van der Waals surface area contributed by atoms with E-state index in [2.05, 4.69) is 14.8 Å². The highest BCUT2D eigenvalue weighted by Crippen LogP contribution is 2.19. The number of rotatable bonds is 6. The second-order valence-electron chi connectivity index (χ2n) is 8.09. The van der Waals surface area contributed by atoms with Crippen molar-refractivity contribution in [2.24, 2.45) is 14.1 Å². The standard InChI is InChI=1S/C21H27FN6O4/c1-24-19-18(20(31)25(2)21(24)32)28(11-16(30)13-29)17(23-19)12-26-7-9-27(10-8-26)15-5-3-14(22)4-6-15/h3-6,16,29-30H,7-13H2,1-2H3. The van der Waals surface area contributed by atoms with Gasteiger partial charge in [0.25, 0.3) is 5.56 Å². The average molecular weight is 446 g/mol. The van der Waals surface area contributed by atoms with Gasteiger partial charge < -0.3 is 19.7 Å². The number of fused-ring (bicyclic) bond motifs is 1. The minimum absolute atomic E-state index is 0.00861. The normalized spacial score (nSPS) is 16.1. The van der Waals surface area contributed by atoms with E-state index in [1.807, 2.05) is 0 Å². The number of aromatic nitrogens is 4. The zero-order chi connectivity index (χ0) is 23.0. The highest BCUT2D eigenvalue weighted by Gasteiger charge is 2.24. The molecule has 0 aliphatic carbocycles. The van der Waals surface area contributed by atoms with E-state index in [4.69, 9.17) is 0 Å². The van der Waals surface area contributed by atoms with Crippen molar-refractivity contribution in [3.05, 3.63) is 56.7 Å². The Morgan fingerprint density at radius 1 is 1.06 bits per heavy atom. The molecule has 2 aromatic heterocycles. The van der Waals surface area contributed by atoms with Crippen LogP contribution in [0.4, 0.5) is 10.1 Å². The fraction of sp³-hybridized carbons (Fsp3) is 0.476. The molecule has 172 valence electrons. The van der Waals surface area contributed by atoms with Crippen molar-refractivity contribution < 1.29 is 14.6 Å². The predicted octanol–water partition coefficient (Wildman–Crippen LogP) is -0.752. The number of hydrogen-bond donors (Lipinski definition) is 2. The third-order valence-corrected chi connectivity index (χ3v) is 5.96. The van der Waals surface area contributed by atoms with Gasteiger partial charge in [0.1, 0.15) is 11.6 Å². The first kappa shape index (κ1) is 22.2. The first-order valence-electron chi connectivity index (χ1n) is 10.5. The van der Waals surface area contributed by atoms with E-state index in [0.29, 0.717) is 12.4 Å². The van der Waals surface area contributed by atoms with E-state index in [9.17, 15) is 24.2 Å². The van der Waals surface area contributed by atoms with Gasteiger partial charge in [0, 0.05) is 46.0 Å². The summed E-state index contributed by atoms with van der Waals surface area (Å²) in [6.45, 7) is 2.88. The number of aryl methyl sites for hydroxylation is 1. The summed E-state index contributed by atoms with van der Waals surface area (Å²) in [5.41, 5.74) is 0.468. The molecular formula is C21H27FN6O4. The van der Waals surface area contributed by atoms with Gasteiger partial charge in [0.05, 0.1) is 25.8 Å². The fourth-order valence-corrected chi connectivity index (χ4v) is 4.09. The molecule has 32 heavy (non-hydrogen) atoms. The second kappa shape index (κ2) is 8.85. The lowest BCUT2D eigenvalue weighted by Crippen LogP contribution is -2.46. The highest BCUT2D eigenvalue weighted by molar-refractivity contribution is 5.71. The molecule has 3 aromatic rings. The molecule has 1 fully saturated rings. The van der Waals surface area contributed by atoms with Gasteiger partial charge in [-0.3, -0.25) is 18.8 Å². The quantitative estimate of drug-likeness (QED) is 0.513. The number of imidazole rings is 1. The van der Waals surface area contributed by atoms with Crippen LogP contribution < -0.4 is 16.1 Å². The third kappa shape index (κ3) is 4.06. The Morgan fingerprint density at radius 2 is 1.72 bits per heavy atom.